The smallest absolute Gasteiger partial charge is 0.123 e. The number of benzene rings is 2. The van der Waals surface area contributed by atoms with Crippen molar-refractivity contribution in [1.29, 1.82) is 0 Å². The third kappa shape index (κ3) is 5.53. The van der Waals surface area contributed by atoms with Crippen molar-refractivity contribution in [1.82, 2.24) is 4.90 Å². The fourth-order valence-corrected chi connectivity index (χ4v) is 3.01. The van der Waals surface area contributed by atoms with Crippen molar-refractivity contribution >= 4 is 11.6 Å². The minimum Gasteiger partial charge on any atom is -0.508 e. The van der Waals surface area contributed by atoms with Crippen LogP contribution < -0.4 is 9.47 Å². The first-order valence-electron chi connectivity index (χ1n) is 8.33. The van der Waals surface area contributed by atoms with Crippen LogP contribution in [0.5, 0.6) is 17.2 Å². The van der Waals surface area contributed by atoms with Crippen molar-refractivity contribution < 1.29 is 19.7 Å². The molecule has 1 aliphatic rings. The molecule has 5 nitrogen and oxygen atoms in total. The highest BCUT2D eigenvalue weighted by Crippen LogP contribution is 2.21. The summed E-state index contributed by atoms with van der Waals surface area (Å²) in [4.78, 5) is 2.16. The Morgan fingerprint density at radius 3 is 2.72 bits per heavy atom. The van der Waals surface area contributed by atoms with Crippen LogP contribution in [-0.2, 0) is 0 Å². The van der Waals surface area contributed by atoms with Gasteiger partial charge in [0.2, 0.25) is 0 Å². The van der Waals surface area contributed by atoms with E-state index < -0.39 is 6.10 Å². The molecule has 6 heteroatoms. The topological polar surface area (TPSA) is 62.2 Å². The van der Waals surface area contributed by atoms with E-state index in [1.165, 1.54) is 6.07 Å². The van der Waals surface area contributed by atoms with Crippen LogP contribution in [0.3, 0.4) is 0 Å². The standard InChI is InChI=1S/C19H22ClNO4/c20-14-4-6-17(7-5-14)25-19-8-9-21(12-19)11-16(23)13-24-18-3-1-2-15(22)10-18/h1-7,10,16,19,22-23H,8-9,11-13H2. The van der Waals surface area contributed by atoms with Gasteiger partial charge in [0.15, 0.2) is 0 Å². The summed E-state index contributed by atoms with van der Waals surface area (Å²) in [5.41, 5.74) is 0. The Morgan fingerprint density at radius 2 is 1.96 bits per heavy atom. The first kappa shape index (κ1) is 17.9. The maximum absolute atomic E-state index is 10.2. The minimum absolute atomic E-state index is 0.111. The molecule has 1 fully saturated rings. The lowest BCUT2D eigenvalue weighted by Crippen LogP contribution is -2.35. The zero-order valence-corrected chi connectivity index (χ0v) is 14.6. The Morgan fingerprint density at radius 1 is 1.16 bits per heavy atom. The summed E-state index contributed by atoms with van der Waals surface area (Å²) in [6.45, 7) is 2.36. The van der Waals surface area contributed by atoms with E-state index in [-0.39, 0.29) is 18.5 Å². The second kappa shape index (κ2) is 8.43. The number of hydrogen-bond donors (Lipinski definition) is 2. The molecule has 1 aliphatic heterocycles. The molecule has 1 saturated heterocycles. The van der Waals surface area contributed by atoms with Crippen LogP contribution in [-0.4, -0.2) is 53.6 Å². The Labute approximate surface area is 152 Å². The van der Waals surface area contributed by atoms with Gasteiger partial charge in [-0.25, -0.2) is 0 Å². The Hall–Kier alpha value is -1.95. The van der Waals surface area contributed by atoms with Gasteiger partial charge in [-0.2, -0.15) is 0 Å². The number of aromatic hydroxyl groups is 1. The first-order valence-corrected chi connectivity index (χ1v) is 8.71. The number of hydrogen-bond acceptors (Lipinski definition) is 5. The summed E-state index contributed by atoms with van der Waals surface area (Å²) in [6.07, 6.45) is 0.431. The maximum Gasteiger partial charge on any atom is 0.123 e. The molecular formula is C19H22ClNO4. The summed E-state index contributed by atoms with van der Waals surface area (Å²) in [6, 6.07) is 13.9. The number of aliphatic hydroxyl groups is 1. The molecule has 2 aromatic rings. The van der Waals surface area contributed by atoms with Gasteiger partial charge in [0.25, 0.3) is 0 Å². The van der Waals surface area contributed by atoms with Gasteiger partial charge in [-0.15, -0.1) is 0 Å². The monoisotopic (exact) mass is 363 g/mol. The summed E-state index contributed by atoms with van der Waals surface area (Å²) >= 11 is 5.87. The van der Waals surface area contributed by atoms with Gasteiger partial charge in [-0.05, 0) is 42.8 Å². The zero-order valence-electron chi connectivity index (χ0n) is 13.8. The van der Waals surface area contributed by atoms with Crippen molar-refractivity contribution in [3.8, 4) is 17.2 Å². The molecule has 0 saturated carbocycles. The Bertz CT molecular complexity index is 679. The van der Waals surface area contributed by atoms with E-state index in [0.29, 0.717) is 17.3 Å². The number of phenols is 1. The Kier molecular flexibility index (Phi) is 6.02. The van der Waals surface area contributed by atoms with Gasteiger partial charge in [0, 0.05) is 30.7 Å². The number of ether oxygens (including phenoxy) is 2. The lowest BCUT2D eigenvalue weighted by atomic mass is 10.3. The number of aliphatic hydroxyl groups excluding tert-OH is 1. The van der Waals surface area contributed by atoms with Crippen LogP contribution in [0.15, 0.2) is 48.5 Å². The number of β-amino-alcohol motifs (C(OH)–C–C–N with tert-alkyl or cyclic N) is 1. The zero-order chi connectivity index (χ0) is 17.6. The molecule has 3 rings (SSSR count). The SMILES string of the molecule is Oc1cccc(OCC(O)CN2CCC(Oc3ccc(Cl)cc3)C2)c1. The van der Waals surface area contributed by atoms with Gasteiger partial charge in [0.1, 0.15) is 36.1 Å². The predicted molar refractivity (Wildman–Crippen MR) is 96.5 cm³/mol. The van der Waals surface area contributed by atoms with Crippen LogP contribution in [0.2, 0.25) is 5.02 Å². The quantitative estimate of drug-likeness (QED) is 0.792. The third-order valence-corrected chi connectivity index (χ3v) is 4.33. The molecule has 1 heterocycles. The number of rotatable bonds is 7. The average molecular weight is 364 g/mol. The van der Waals surface area contributed by atoms with Crippen LogP contribution >= 0.6 is 11.6 Å². The van der Waals surface area contributed by atoms with Crippen molar-refractivity contribution in [2.45, 2.75) is 18.6 Å². The highest BCUT2D eigenvalue weighted by Gasteiger charge is 2.25. The van der Waals surface area contributed by atoms with Crippen LogP contribution in [0.1, 0.15) is 6.42 Å². The minimum atomic E-state index is -0.600. The van der Waals surface area contributed by atoms with Crippen molar-refractivity contribution in [3.05, 3.63) is 53.6 Å². The van der Waals surface area contributed by atoms with Crippen LogP contribution in [0.25, 0.3) is 0 Å². The number of halogens is 1. The van der Waals surface area contributed by atoms with E-state index in [4.69, 9.17) is 21.1 Å². The van der Waals surface area contributed by atoms with Crippen molar-refractivity contribution in [2.75, 3.05) is 26.2 Å². The molecule has 0 aromatic heterocycles. The average Bonchev–Trinajstić information content (AvgIpc) is 3.02. The normalized spacial score (nSPS) is 18.9. The van der Waals surface area contributed by atoms with Crippen LogP contribution in [0, 0.1) is 0 Å². The largest absolute Gasteiger partial charge is 0.508 e. The summed E-state index contributed by atoms with van der Waals surface area (Å²) in [7, 11) is 0. The highest BCUT2D eigenvalue weighted by atomic mass is 35.5. The molecular weight excluding hydrogens is 342 g/mol. The molecule has 0 aliphatic carbocycles. The lowest BCUT2D eigenvalue weighted by molar-refractivity contribution is 0.0719. The first-order chi connectivity index (χ1) is 12.1. The third-order valence-electron chi connectivity index (χ3n) is 4.07. The number of phenolic OH excluding ortho intramolecular Hbond substituents is 1. The van der Waals surface area contributed by atoms with E-state index in [1.54, 1.807) is 18.2 Å². The fourth-order valence-electron chi connectivity index (χ4n) is 2.88. The predicted octanol–water partition coefficient (Wildman–Crippen LogP) is 2.94. The van der Waals surface area contributed by atoms with Crippen molar-refractivity contribution in [2.24, 2.45) is 0 Å². The molecule has 2 aromatic carbocycles. The molecule has 0 amide bonds. The van der Waals surface area contributed by atoms with E-state index in [0.717, 1.165) is 25.3 Å². The second-order valence-corrected chi connectivity index (χ2v) is 6.64. The summed E-state index contributed by atoms with van der Waals surface area (Å²) < 4.78 is 11.5. The molecule has 134 valence electrons. The van der Waals surface area contributed by atoms with Gasteiger partial charge in [0.05, 0.1) is 0 Å². The molecule has 25 heavy (non-hydrogen) atoms. The maximum atomic E-state index is 10.2. The molecule has 2 unspecified atom stereocenters. The van der Waals surface area contributed by atoms with Gasteiger partial charge >= 0.3 is 0 Å². The summed E-state index contributed by atoms with van der Waals surface area (Å²) in [5.74, 6) is 1.50. The molecule has 0 radical (unpaired) electrons. The molecule has 2 N–H and O–H groups in total. The van der Waals surface area contributed by atoms with E-state index in [9.17, 15) is 10.2 Å². The second-order valence-electron chi connectivity index (χ2n) is 6.20. The van der Waals surface area contributed by atoms with Crippen LogP contribution in [0.4, 0.5) is 0 Å². The summed E-state index contributed by atoms with van der Waals surface area (Å²) in [5, 5.41) is 20.3. The molecule has 0 spiro atoms. The fraction of sp³-hybridized carbons (Fsp3) is 0.368. The van der Waals surface area contributed by atoms with Gasteiger partial charge in [-0.1, -0.05) is 17.7 Å². The van der Waals surface area contributed by atoms with Gasteiger partial charge in [-0.3, -0.25) is 4.90 Å². The lowest BCUT2D eigenvalue weighted by Gasteiger charge is -2.20. The van der Waals surface area contributed by atoms with Gasteiger partial charge < -0.3 is 19.7 Å². The Balaban J connectivity index is 1.40. The highest BCUT2D eigenvalue weighted by molar-refractivity contribution is 6.30. The van der Waals surface area contributed by atoms with E-state index >= 15 is 0 Å². The van der Waals surface area contributed by atoms with Crippen molar-refractivity contribution in [3.63, 3.8) is 0 Å². The number of likely N-dealkylation sites (tertiary alicyclic amines) is 1. The van der Waals surface area contributed by atoms with E-state index in [1.807, 2.05) is 24.3 Å². The number of nitrogens with zero attached hydrogens (tertiary/aromatic N) is 1. The molecule has 0 bridgehead atoms. The van der Waals surface area contributed by atoms with E-state index in [2.05, 4.69) is 4.90 Å². The molecule has 2 atom stereocenters.